The van der Waals surface area contributed by atoms with Crippen LogP contribution < -0.4 is 5.32 Å². The summed E-state index contributed by atoms with van der Waals surface area (Å²) in [6.45, 7) is 3.98. The number of anilines is 1. The van der Waals surface area contributed by atoms with Crippen molar-refractivity contribution in [2.45, 2.75) is 13.8 Å². The molecule has 3 rings (SSSR count). The van der Waals surface area contributed by atoms with Gasteiger partial charge in [0.1, 0.15) is 4.60 Å². The molecule has 0 aliphatic rings. The number of nitrogens with zero attached hydrogens (tertiary/aromatic N) is 4. The van der Waals surface area contributed by atoms with E-state index >= 15 is 0 Å². The minimum atomic E-state index is -0.233. The van der Waals surface area contributed by atoms with Gasteiger partial charge in [0.05, 0.1) is 5.39 Å². The number of carbonyl (C=O) groups excluding carboxylic acids is 1. The van der Waals surface area contributed by atoms with E-state index < -0.39 is 0 Å². The molecule has 1 N–H and O–H groups in total. The molecule has 1 amide bonds. The summed E-state index contributed by atoms with van der Waals surface area (Å²) < 4.78 is 2.31. The van der Waals surface area contributed by atoms with Crippen molar-refractivity contribution in [2.75, 3.05) is 5.32 Å². The van der Waals surface area contributed by atoms with Gasteiger partial charge in [-0.1, -0.05) is 6.07 Å². The second kappa shape index (κ2) is 5.49. The van der Waals surface area contributed by atoms with Crippen molar-refractivity contribution >= 4 is 38.8 Å². The van der Waals surface area contributed by atoms with E-state index in [1.165, 1.54) is 0 Å². The van der Waals surface area contributed by atoms with Gasteiger partial charge in [0.25, 0.3) is 5.91 Å². The SMILES string of the molecule is Cc1ccc(C(=O)Nc2ncc3c(Br)nn(C)c3n2)cc1C. The Morgan fingerprint density at radius 3 is 2.77 bits per heavy atom. The van der Waals surface area contributed by atoms with E-state index in [2.05, 4.69) is 36.3 Å². The van der Waals surface area contributed by atoms with Crippen LogP contribution in [-0.2, 0) is 7.05 Å². The lowest BCUT2D eigenvalue weighted by Gasteiger charge is -2.06. The maximum absolute atomic E-state index is 12.3. The number of carbonyl (C=O) groups is 1. The van der Waals surface area contributed by atoms with Crippen LogP contribution in [0.5, 0.6) is 0 Å². The Balaban J connectivity index is 1.90. The highest BCUT2D eigenvalue weighted by Gasteiger charge is 2.12. The molecule has 0 radical (unpaired) electrons. The molecule has 7 heteroatoms. The van der Waals surface area contributed by atoms with E-state index in [9.17, 15) is 4.79 Å². The van der Waals surface area contributed by atoms with Crippen LogP contribution in [0.2, 0.25) is 0 Å². The van der Waals surface area contributed by atoms with Crippen LogP contribution in [-0.4, -0.2) is 25.7 Å². The largest absolute Gasteiger partial charge is 0.290 e. The molecule has 0 unspecified atom stereocenters. The lowest BCUT2D eigenvalue weighted by molar-refractivity contribution is 0.102. The van der Waals surface area contributed by atoms with Gasteiger partial charge in [-0.05, 0) is 53.0 Å². The molecule has 2 heterocycles. The Bertz CT molecular complexity index is 887. The first kappa shape index (κ1) is 14.6. The highest BCUT2D eigenvalue weighted by molar-refractivity contribution is 9.10. The summed E-state index contributed by atoms with van der Waals surface area (Å²) in [5.74, 6) is 0.0231. The van der Waals surface area contributed by atoms with Gasteiger partial charge in [0.2, 0.25) is 5.95 Å². The lowest BCUT2D eigenvalue weighted by Crippen LogP contribution is -2.14. The molecule has 2 aromatic heterocycles. The van der Waals surface area contributed by atoms with Crippen LogP contribution in [0.25, 0.3) is 11.0 Å². The van der Waals surface area contributed by atoms with Gasteiger partial charge in [-0.2, -0.15) is 10.1 Å². The highest BCUT2D eigenvalue weighted by Crippen LogP contribution is 2.21. The van der Waals surface area contributed by atoms with Crippen molar-refractivity contribution in [3.8, 4) is 0 Å². The zero-order valence-electron chi connectivity index (χ0n) is 12.4. The van der Waals surface area contributed by atoms with E-state index in [1.54, 1.807) is 24.0 Å². The minimum Gasteiger partial charge on any atom is -0.290 e. The molecule has 1 aromatic carbocycles. The molecule has 3 aromatic rings. The first-order valence-electron chi connectivity index (χ1n) is 6.69. The third-order valence-corrected chi connectivity index (χ3v) is 4.12. The Morgan fingerprint density at radius 2 is 2.05 bits per heavy atom. The topological polar surface area (TPSA) is 72.7 Å². The zero-order chi connectivity index (χ0) is 15.9. The summed E-state index contributed by atoms with van der Waals surface area (Å²) in [6, 6.07) is 5.56. The van der Waals surface area contributed by atoms with E-state index in [1.807, 2.05) is 26.0 Å². The van der Waals surface area contributed by atoms with E-state index in [-0.39, 0.29) is 11.9 Å². The molecule has 0 atom stereocenters. The average Bonchev–Trinajstić information content (AvgIpc) is 2.76. The molecule has 0 fully saturated rings. The Kier molecular flexibility index (Phi) is 3.66. The number of hydrogen-bond acceptors (Lipinski definition) is 4. The summed E-state index contributed by atoms with van der Waals surface area (Å²) in [5.41, 5.74) is 3.45. The fourth-order valence-electron chi connectivity index (χ4n) is 2.11. The summed E-state index contributed by atoms with van der Waals surface area (Å²) in [5, 5.41) is 7.72. The molecule has 22 heavy (non-hydrogen) atoms. The predicted octanol–water partition coefficient (Wildman–Crippen LogP) is 2.99. The predicted molar refractivity (Wildman–Crippen MR) is 87.9 cm³/mol. The quantitative estimate of drug-likeness (QED) is 0.763. The first-order valence-corrected chi connectivity index (χ1v) is 7.49. The fourth-order valence-corrected chi connectivity index (χ4v) is 2.63. The van der Waals surface area contributed by atoms with Gasteiger partial charge in [-0.25, -0.2) is 9.67 Å². The molecular formula is C15H14BrN5O. The Labute approximate surface area is 135 Å². The maximum Gasteiger partial charge on any atom is 0.258 e. The van der Waals surface area contributed by atoms with Crippen molar-refractivity contribution in [1.29, 1.82) is 0 Å². The van der Waals surface area contributed by atoms with Crippen molar-refractivity contribution < 1.29 is 4.79 Å². The number of amides is 1. The Hall–Kier alpha value is -2.28. The van der Waals surface area contributed by atoms with Gasteiger partial charge in [-0.3, -0.25) is 10.1 Å². The third-order valence-electron chi connectivity index (χ3n) is 3.53. The first-order chi connectivity index (χ1) is 10.5. The van der Waals surface area contributed by atoms with Gasteiger partial charge in [0.15, 0.2) is 5.65 Å². The average molecular weight is 360 g/mol. The zero-order valence-corrected chi connectivity index (χ0v) is 14.0. The second-order valence-electron chi connectivity index (χ2n) is 5.10. The van der Waals surface area contributed by atoms with Crippen LogP contribution in [0.15, 0.2) is 29.0 Å². The van der Waals surface area contributed by atoms with Gasteiger partial charge < -0.3 is 0 Å². The van der Waals surface area contributed by atoms with Crippen LogP contribution in [0, 0.1) is 13.8 Å². The summed E-state index contributed by atoms with van der Waals surface area (Å²) in [6.07, 6.45) is 1.63. The summed E-state index contributed by atoms with van der Waals surface area (Å²) >= 11 is 3.35. The molecule has 0 saturated heterocycles. The maximum atomic E-state index is 12.3. The third kappa shape index (κ3) is 2.59. The number of halogens is 1. The molecule has 0 bridgehead atoms. The number of benzene rings is 1. The number of nitrogens with one attached hydrogen (secondary N) is 1. The van der Waals surface area contributed by atoms with Gasteiger partial charge in [-0.15, -0.1) is 0 Å². The Morgan fingerprint density at radius 1 is 1.27 bits per heavy atom. The van der Waals surface area contributed by atoms with Crippen molar-refractivity contribution in [3.63, 3.8) is 0 Å². The normalized spacial score (nSPS) is 10.9. The standard InChI is InChI=1S/C15H14BrN5O/c1-8-4-5-10(6-9(8)2)14(22)19-15-17-7-11-12(16)20-21(3)13(11)18-15/h4-7H,1-3H3,(H,17,18,19,22). The highest BCUT2D eigenvalue weighted by atomic mass is 79.9. The number of aryl methyl sites for hydroxylation is 3. The van der Waals surface area contributed by atoms with Gasteiger partial charge >= 0.3 is 0 Å². The molecule has 112 valence electrons. The molecule has 0 aliphatic heterocycles. The summed E-state index contributed by atoms with van der Waals surface area (Å²) in [7, 11) is 1.79. The van der Waals surface area contributed by atoms with Crippen LogP contribution >= 0.6 is 15.9 Å². The van der Waals surface area contributed by atoms with Crippen LogP contribution in [0.4, 0.5) is 5.95 Å². The van der Waals surface area contributed by atoms with Crippen molar-refractivity contribution in [3.05, 3.63) is 45.7 Å². The van der Waals surface area contributed by atoms with Crippen LogP contribution in [0.3, 0.4) is 0 Å². The number of hydrogen-bond donors (Lipinski definition) is 1. The van der Waals surface area contributed by atoms with Crippen molar-refractivity contribution in [1.82, 2.24) is 19.7 Å². The molecule has 0 saturated carbocycles. The minimum absolute atomic E-state index is 0.233. The monoisotopic (exact) mass is 359 g/mol. The number of fused-ring (bicyclic) bond motifs is 1. The van der Waals surface area contributed by atoms with Gasteiger partial charge in [0, 0.05) is 18.8 Å². The van der Waals surface area contributed by atoms with Crippen molar-refractivity contribution in [2.24, 2.45) is 7.05 Å². The van der Waals surface area contributed by atoms with E-state index in [4.69, 9.17) is 0 Å². The lowest BCUT2D eigenvalue weighted by atomic mass is 10.1. The molecule has 0 aliphatic carbocycles. The molecule has 0 spiro atoms. The molecule has 6 nitrogen and oxygen atoms in total. The molecular weight excluding hydrogens is 346 g/mol. The number of rotatable bonds is 2. The van der Waals surface area contributed by atoms with E-state index in [0.717, 1.165) is 16.5 Å². The van der Waals surface area contributed by atoms with Crippen LogP contribution in [0.1, 0.15) is 21.5 Å². The number of aromatic nitrogens is 4. The van der Waals surface area contributed by atoms with E-state index in [0.29, 0.717) is 15.8 Å². The summed E-state index contributed by atoms with van der Waals surface area (Å²) in [4.78, 5) is 20.8. The smallest absolute Gasteiger partial charge is 0.258 e. The second-order valence-corrected chi connectivity index (χ2v) is 5.85. The fraction of sp³-hybridized carbons (Fsp3) is 0.200.